The Hall–Kier alpha value is -3.13. The van der Waals surface area contributed by atoms with E-state index in [0.717, 1.165) is 0 Å². The molecule has 0 fully saturated rings. The Labute approximate surface area is 181 Å². The highest BCUT2D eigenvalue weighted by molar-refractivity contribution is 6.02. The summed E-state index contributed by atoms with van der Waals surface area (Å²) in [5.41, 5.74) is 1.10. The van der Waals surface area contributed by atoms with E-state index in [4.69, 9.17) is 9.47 Å². The van der Waals surface area contributed by atoms with Crippen molar-refractivity contribution in [3.63, 3.8) is 0 Å². The van der Waals surface area contributed by atoms with Crippen LogP contribution in [0.15, 0.2) is 36.4 Å². The summed E-state index contributed by atoms with van der Waals surface area (Å²) < 4.78 is 25.5. The standard InChI is InChI=1S/C23H28FN3O4/c1-26(2)11-10-25-22(28)20-15-12-18(30-4)19(31-5)13-16(15)23(29)27(3)21(20)14-8-6-7-9-17(14)24/h6-9,12-13,20-21H,10-11H2,1-5H3,(H,25,28)/t20-,21-/m0/s1. The number of hydrogen-bond acceptors (Lipinski definition) is 5. The molecule has 8 heteroatoms. The predicted molar refractivity (Wildman–Crippen MR) is 115 cm³/mol. The van der Waals surface area contributed by atoms with Crippen molar-refractivity contribution in [3.8, 4) is 11.5 Å². The van der Waals surface area contributed by atoms with Crippen molar-refractivity contribution in [2.75, 3.05) is 48.5 Å². The second-order valence-electron chi connectivity index (χ2n) is 7.75. The summed E-state index contributed by atoms with van der Waals surface area (Å²) in [6.07, 6.45) is 0. The first-order valence-electron chi connectivity index (χ1n) is 10.00. The zero-order chi connectivity index (χ0) is 22.7. The van der Waals surface area contributed by atoms with Crippen LogP contribution in [0.25, 0.3) is 0 Å². The minimum Gasteiger partial charge on any atom is -0.493 e. The predicted octanol–water partition coefficient (Wildman–Crippen LogP) is 2.43. The van der Waals surface area contributed by atoms with Crippen molar-refractivity contribution in [2.45, 2.75) is 12.0 Å². The van der Waals surface area contributed by atoms with E-state index in [1.165, 1.54) is 25.2 Å². The molecule has 0 bridgehead atoms. The van der Waals surface area contributed by atoms with Gasteiger partial charge in [0.1, 0.15) is 5.82 Å². The molecule has 2 amide bonds. The van der Waals surface area contributed by atoms with Gasteiger partial charge in [-0.1, -0.05) is 18.2 Å². The van der Waals surface area contributed by atoms with Crippen LogP contribution in [0.5, 0.6) is 11.5 Å². The number of ether oxygens (including phenoxy) is 2. The molecule has 1 N–H and O–H groups in total. The summed E-state index contributed by atoms with van der Waals surface area (Å²) in [7, 11) is 8.37. The van der Waals surface area contributed by atoms with Gasteiger partial charge in [0.25, 0.3) is 5.91 Å². The van der Waals surface area contributed by atoms with E-state index in [1.54, 1.807) is 37.4 Å². The quantitative estimate of drug-likeness (QED) is 0.732. The Balaban J connectivity index is 2.16. The monoisotopic (exact) mass is 429 g/mol. The first-order chi connectivity index (χ1) is 14.8. The van der Waals surface area contributed by atoms with Gasteiger partial charge in [-0.2, -0.15) is 0 Å². The molecule has 0 aliphatic carbocycles. The number of methoxy groups -OCH3 is 2. The number of carbonyl (C=O) groups excluding carboxylic acids is 2. The average molecular weight is 429 g/mol. The Morgan fingerprint density at radius 3 is 2.39 bits per heavy atom. The Morgan fingerprint density at radius 1 is 1.13 bits per heavy atom. The number of rotatable bonds is 7. The van der Waals surface area contributed by atoms with E-state index < -0.39 is 17.8 Å². The van der Waals surface area contributed by atoms with Crippen LogP contribution in [0, 0.1) is 5.82 Å². The molecule has 0 saturated carbocycles. The van der Waals surface area contributed by atoms with E-state index in [-0.39, 0.29) is 17.4 Å². The van der Waals surface area contributed by atoms with Crippen molar-refractivity contribution < 1.29 is 23.5 Å². The normalized spacial score (nSPS) is 18.0. The van der Waals surface area contributed by atoms with Gasteiger partial charge in [0, 0.05) is 31.3 Å². The highest BCUT2D eigenvalue weighted by Crippen LogP contribution is 2.46. The molecule has 7 nitrogen and oxygen atoms in total. The number of hydrogen-bond donors (Lipinski definition) is 1. The molecule has 2 atom stereocenters. The fourth-order valence-corrected chi connectivity index (χ4v) is 3.95. The first-order valence-corrected chi connectivity index (χ1v) is 10.00. The Morgan fingerprint density at radius 2 is 1.77 bits per heavy atom. The van der Waals surface area contributed by atoms with Gasteiger partial charge in [-0.25, -0.2) is 4.39 Å². The maximum absolute atomic E-state index is 14.8. The van der Waals surface area contributed by atoms with Gasteiger partial charge in [0.05, 0.1) is 26.2 Å². The molecular weight excluding hydrogens is 401 g/mol. The zero-order valence-corrected chi connectivity index (χ0v) is 18.4. The molecule has 1 aliphatic heterocycles. The van der Waals surface area contributed by atoms with Crippen molar-refractivity contribution in [1.29, 1.82) is 0 Å². The molecule has 0 unspecified atom stereocenters. The van der Waals surface area contributed by atoms with Crippen molar-refractivity contribution >= 4 is 11.8 Å². The summed E-state index contributed by atoms with van der Waals surface area (Å²) in [6.45, 7) is 1.07. The average Bonchev–Trinajstić information content (AvgIpc) is 2.75. The van der Waals surface area contributed by atoms with Crippen LogP contribution >= 0.6 is 0 Å². The number of fused-ring (bicyclic) bond motifs is 1. The fraction of sp³-hybridized carbons (Fsp3) is 0.391. The van der Waals surface area contributed by atoms with E-state index in [2.05, 4.69) is 5.32 Å². The summed E-state index contributed by atoms with van der Waals surface area (Å²) >= 11 is 0. The highest BCUT2D eigenvalue weighted by Gasteiger charge is 2.44. The second-order valence-corrected chi connectivity index (χ2v) is 7.75. The molecule has 3 rings (SSSR count). The van der Waals surface area contributed by atoms with Gasteiger partial charge in [-0.3, -0.25) is 9.59 Å². The topological polar surface area (TPSA) is 71.1 Å². The molecule has 1 aliphatic rings. The SMILES string of the molecule is COc1cc2c(cc1OC)[C@H](C(=O)NCCN(C)C)[C@H](c1ccccc1F)N(C)C2=O. The van der Waals surface area contributed by atoms with Gasteiger partial charge < -0.3 is 24.6 Å². The Bertz CT molecular complexity index is 979. The fourth-order valence-electron chi connectivity index (χ4n) is 3.95. The summed E-state index contributed by atoms with van der Waals surface area (Å²) in [5, 5.41) is 2.93. The van der Waals surface area contributed by atoms with Crippen LogP contribution in [0.4, 0.5) is 4.39 Å². The van der Waals surface area contributed by atoms with Crippen LogP contribution < -0.4 is 14.8 Å². The third-order valence-corrected chi connectivity index (χ3v) is 5.54. The largest absolute Gasteiger partial charge is 0.493 e. The molecule has 0 radical (unpaired) electrons. The number of halogens is 1. The molecule has 31 heavy (non-hydrogen) atoms. The number of benzene rings is 2. The third kappa shape index (κ3) is 4.34. The van der Waals surface area contributed by atoms with Gasteiger partial charge in [-0.05, 0) is 37.9 Å². The number of amides is 2. The number of likely N-dealkylation sites (N-methyl/N-ethyl adjacent to an activating group) is 2. The van der Waals surface area contributed by atoms with Gasteiger partial charge >= 0.3 is 0 Å². The minimum absolute atomic E-state index is 0.284. The molecule has 0 aromatic heterocycles. The number of nitrogens with zero attached hydrogens (tertiary/aromatic N) is 2. The van der Waals surface area contributed by atoms with Crippen molar-refractivity contribution in [1.82, 2.24) is 15.1 Å². The Kier molecular flexibility index (Phi) is 6.80. The maximum atomic E-state index is 14.8. The summed E-state index contributed by atoms with van der Waals surface area (Å²) in [4.78, 5) is 30.0. The van der Waals surface area contributed by atoms with Crippen molar-refractivity contribution in [2.24, 2.45) is 0 Å². The van der Waals surface area contributed by atoms with Gasteiger partial charge in [0.15, 0.2) is 11.5 Å². The number of nitrogens with one attached hydrogen (secondary N) is 1. The smallest absolute Gasteiger partial charge is 0.254 e. The highest BCUT2D eigenvalue weighted by atomic mass is 19.1. The molecule has 0 spiro atoms. The lowest BCUT2D eigenvalue weighted by Gasteiger charge is -2.40. The van der Waals surface area contributed by atoms with Crippen molar-refractivity contribution in [3.05, 3.63) is 58.9 Å². The van der Waals surface area contributed by atoms with Crippen LogP contribution in [0.1, 0.15) is 33.4 Å². The molecule has 1 heterocycles. The van der Waals surface area contributed by atoms with E-state index in [1.807, 2.05) is 19.0 Å². The molecule has 166 valence electrons. The maximum Gasteiger partial charge on any atom is 0.254 e. The lowest BCUT2D eigenvalue weighted by atomic mass is 9.79. The van der Waals surface area contributed by atoms with E-state index in [0.29, 0.717) is 35.7 Å². The summed E-state index contributed by atoms with van der Waals surface area (Å²) in [6, 6.07) is 8.63. The zero-order valence-electron chi connectivity index (χ0n) is 18.4. The molecular formula is C23H28FN3O4. The molecule has 2 aromatic rings. The van der Waals surface area contributed by atoms with Crippen LogP contribution in [0.3, 0.4) is 0 Å². The van der Waals surface area contributed by atoms with E-state index >= 15 is 0 Å². The summed E-state index contributed by atoms with van der Waals surface area (Å²) in [5.74, 6) is -1.11. The van der Waals surface area contributed by atoms with Gasteiger partial charge in [0.2, 0.25) is 5.91 Å². The molecule has 0 saturated heterocycles. The molecule has 2 aromatic carbocycles. The third-order valence-electron chi connectivity index (χ3n) is 5.54. The van der Waals surface area contributed by atoms with Crippen LogP contribution in [-0.2, 0) is 4.79 Å². The lowest BCUT2D eigenvalue weighted by Crippen LogP contribution is -2.46. The lowest BCUT2D eigenvalue weighted by molar-refractivity contribution is -0.124. The van der Waals surface area contributed by atoms with Crippen LogP contribution in [-0.4, -0.2) is 70.1 Å². The van der Waals surface area contributed by atoms with Gasteiger partial charge in [-0.15, -0.1) is 0 Å². The van der Waals surface area contributed by atoms with E-state index in [9.17, 15) is 14.0 Å². The van der Waals surface area contributed by atoms with Crippen LogP contribution in [0.2, 0.25) is 0 Å². The number of carbonyl (C=O) groups is 2. The minimum atomic E-state index is -0.823. The first kappa shape index (κ1) is 22.6. The second kappa shape index (κ2) is 9.34.